The van der Waals surface area contributed by atoms with E-state index < -0.39 is 12.1 Å². The van der Waals surface area contributed by atoms with E-state index in [0.717, 1.165) is 128 Å². The Morgan fingerprint density at radius 1 is 0.313 bits per heavy atom. The summed E-state index contributed by atoms with van der Waals surface area (Å²) >= 11 is 0. The molecule has 0 radical (unpaired) electrons. The van der Waals surface area contributed by atoms with E-state index in [0.29, 0.717) is 19.3 Å². The molecule has 0 amide bonds. The molecular formula is C61H96O6. The van der Waals surface area contributed by atoms with Gasteiger partial charge in [-0.3, -0.25) is 14.4 Å². The van der Waals surface area contributed by atoms with E-state index in [-0.39, 0.29) is 31.6 Å². The van der Waals surface area contributed by atoms with Gasteiger partial charge in [0.2, 0.25) is 0 Å². The van der Waals surface area contributed by atoms with Gasteiger partial charge >= 0.3 is 17.9 Å². The summed E-state index contributed by atoms with van der Waals surface area (Å²) in [5.41, 5.74) is 0. The van der Waals surface area contributed by atoms with Crippen molar-refractivity contribution in [3.63, 3.8) is 0 Å². The average Bonchev–Trinajstić information content (AvgIpc) is 3.33. The number of ether oxygens (including phenoxy) is 3. The zero-order valence-corrected chi connectivity index (χ0v) is 42.9. The predicted octanol–water partition coefficient (Wildman–Crippen LogP) is 17.9. The number of unbranched alkanes of at least 4 members (excludes halogenated alkanes) is 13. The van der Waals surface area contributed by atoms with E-state index in [2.05, 4.69) is 142 Å². The fraction of sp³-hybridized carbons (Fsp3) is 0.590. The Hall–Kier alpha value is -4.45. The van der Waals surface area contributed by atoms with Gasteiger partial charge in [0, 0.05) is 19.3 Å². The predicted molar refractivity (Wildman–Crippen MR) is 288 cm³/mol. The molecule has 0 aliphatic rings. The molecule has 0 bridgehead atoms. The van der Waals surface area contributed by atoms with Gasteiger partial charge in [-0.15, -0.1) is 0 Å². The van der Waals surface area contributed by atoms with Crippen LogP contribution in [0.4, 0.5) is 0 Å². The summed E-state index contributed by atoms with van der Waals surface area (Å²) in [6, 6.07) is 0. The highest BCUT2D eigenvalue weighted by Gasteiger charge is 2.19. The van der Waals surface area contributed by atoms with Crippen LogP contribution in [-0.2, 0) is 28.6 Å². The molecule has 0 heterocycles. The van der Waals surface area contributed by atoms with Crippen LogP contribution in [0.1, 0.15) is 213 Å². The van der Waals surface area contributed by atoms with Crippen molar-refractivity contribution in [1.82, 2.24) is 0 Å². The SMILES string of the molecule is CC/C=C\C/C=C\C/C=C\C/C=C\C/C=C\C/C=C\CCC(=O)OC(COC(=O)CCCCCCC/C=C\C/C=C\C/C=C\C/C=C\C/C=C\CC)COC(=O)CCCCCCCCCCC. The Morgan fingerprint density at radius 3 is 0.970 bits per heavy atom. The van der Waals surface area contributed by atoms with Gasteiger partial charge in [0.15, 0.2) is 6.10 Å². The third kappa shape index (κ3) is 52.4. The van der Waals surface area contributed by atoms with Gasteiger partial charge in [0.1, 0.15) is 13.2 Å². The van der Waals surface area contributed by atoms with Crippen molar-refractivity contribution in [2.24, 2.45) is 0 Å². The van der Waals surface area contributed by atoms with E-state index in [9.17, 15) is 14.4 Å². The van der Waals surface area contributed by atoms with Gasteiger partial charge in [-0.05, 0) is 103 Å². The summed E-state index contributed by atoms with van der Waals surface area (Å²) in [5, 5.41) is 0. The molecule has 0 aliphatic heterocycles. The molecule has 0 rings (SSSR count). The number of carbonyl (C=O) groups is 3. The third-order valence-electron chi connectivity index (χ3n) is 10.7. The molecule has 0 aliphatic carbocycles. The topological polar surface area (TPSA) is 78.9 Å². The Labute approximate surface area is 411 Å². The van der Waals surface area contributed by atoms with Crippen LogP contribution in [0, 0.1) is 0 Å². The summed E-state index contributed by atoms with van der Waals surface area (Å²) in [4.78, 5) is 37.9. The number of allylic oxidation sites excluding steroid dienone is 22. The minimum Gasteiger partial charge on any atom is -0.462 e. The zero-order valence-electron chi connectivity index (χ0n) is 42.9. The molecule has 1 unspecified atom stereocenters. The first-order valence-corrected chi connectivity index (χ1v) is 26.7. The van der Waals surface area contributed by atoms with Crippen LogP contribution < -0.4 is 0 Å². The molecule has 67 heavy (non-hydrogen) atoms. The van der Waals surface area contributed by atoms with Crippen molar-refractivity contribution in [2.45, 2.75) is 219 Å². The molecule has 6 heteroatoms. The second-order valence-electron chi connectivity index (χ2n) is 17.0. The van der Waals surface area contributed by atoms with Gasteiger partial charge < -0.3 is 14.2 Å². The van der Waals surface area contributed by atoms with E-state index in [1.807, 2.05) is 12.2 Å². The molecule has 376 valence electrons. The van der Waals surface area contributed by atoms with Crippen LogP contribution in [0.5, 0.6) is 0 Å². The van der Waals surface area contributed by atoms with E-state index in [1.165, 1.54) is 38.5 Å². The van der Waals surface area contributed by atoms with Crippen molar-refractivity contribution in [3.8, 4) is 0 Å². The Morgan fingerprint density at radius 2 is 0.612 bits per heavy atom. The molecule has 0 spiro atoms. The lowest BCUT2D eigenvalue weighted by molar-refractivity contribution is -0.166. The van der Waals surface area contributed by atoms with Crippen molar-refractivity contribution in [2.75, 3.05) is 13.2 Å². The third-order valence-corrected chi connectivity index (χ3v) is 10.7. The van der Waals surface area contributed by atoms with Crippen molar-refractivity contribution in [1.29, 1.82) is 0 Å². The molecule has 0 N–H and O–H groups in total. The lowest BCUT2D eigenvalue weighted by Gasteiger charge is -2.18. The highest BCUT2D eigenvalue weighted by molar-refractivity contribution is 5.71. The van der Waals surface area contributed by atoms with Gasteiger partial charge in [-0.25, -0.2) is 0 Å². The van der Waals surface area contributed by atoms with Gasteiger partial charge in [-0.1, -0.05) is 225 Å². The highest BCUT2D eigenvalue weighted by Crippen LogP contribution is 2.13. The standard InChI is InChI=1S/C61H96O6/c1-4-7-10-13-16-19-21-23-25-27-29-30-32-33-35-37-39-42-45-48-51-54-60(63)66-57-58(56-65-59(62)53-50-47-44-41-18-15-12-9-6-3)67-61(64)55-52-49-46-43-40-38-36-34-31-28-26-24-22-20-17-14-11-8-5-2/h7-8,10-11,16-17,19-20,23-26,29-31,33-35,38,40,46,49,58H,4-6,9,12-15,18,21-22,27-28,32,36-37,39,41-45,47-48,50-57H2,1-3H3/b10-7-,11-8-,19-16-,20-17-,25-23-,26-24-,30-29-,34-31-,35-33-,40-38-,49-46-. The van der Waals surface area contributed by atoms with Crippen molar-refractivity contribution < 1.29 is 28.6 Å². The highest BCUT2D eigenvalue weighted by atomic mass is 16.6. The summed E-state index contributed by atoms with van der Waals surface area (Å²) < 4.78 is 16.7. The number of esters is 3. The number of hydrogen-bond acceptors (Lipinski definition) is 6. The molecule has 0 aromatic heterocycles. The van der Waals surface area contributed by atoms with Crippen LogP contribution >= 0.6 is 0 Å². The summed E-state index contributed by atoms with van der Waals surface area (Å²) in [5.74, 6) is -1.03. The molecule has 0 saturated carbocycles. The maximum atomic E-state index is 12.8. The summed E-state index contributed by atoms with van der Waals surface area (Å²) in [6.45, 7) is 6.29. The quantitative estimate of drug-likeness (QED) is 0.0262. The molecule has 0 fully saturated rings. The van der Waals surface area contributed by atoms with Crippen LogP contribution in [-0.4, -0.2) is 37.2 Å². The molecule has 0 aromatic rings. The van der Waals surface area contributed by atoms with E-state index in [1.54, 1.807) is 0 Å². The monoisotopic (exact) mass is 925 g/mol. The zero-order chi connectivity index (χ0) is 48.6. The van der Waals surface area contributed by atoms with Crippen molar-refractivity contribution >= 4 is 17.9 Å². The second-order valence-corrected chi connectivity index (χ2v) is 17.0. The fourth-order valence-corrected chi connectivity index (χ4v) is 6.73. The Kier molecular flexibility index (Phi) is 50.6. The Balaban J connectivity index is 4.49. The lowest BCUT2D eigenvalue weighted by Crippen LogP contribution is -2.30. The minimum absolute atomic E-state index is 0.118. The lowest BCUT2D eigenvalue weighted by atomic mass is 10.1. The number of rotatable bonds is 46. The molecule has 0 saturated heterocycles. The number of carbonyl (C=O) groups excluding carboxylic acids is 3. The first kappa shape index (κ1) is 62.5. The smallest absolute Gasteiger partial charge is 0.306 e. The van der Waals surface area contributed by atoms with Crippen LogP contribution in [0.2, 0.25) is 0 Å². The maximum absolute atomic E-state index is 12.8. The molecule has 6 nitrogen and oxygen atoms in total. The van der Waals surface area contributed by atoms with Gasteiger partial charge in [0.05, 0.1) is 0 Å². The first-order valence-electron chi connectivity index (χ1n) is 26.7. The molecular weight excluding hydrogens is 829 g/mol. The summed E-state index contributed by atoms with van der Waals surface area (Å²) in [7, 11) is 0. The van der Waals surface area contributed by atoms with Gasteiger partial charge in [0.25, 0.3) is 0 Å². The Bertz CT molecular complexity index is 1480. The average molecular weight is 925 g/mol. The molecule has 0 aromatic carbocycles. The molecule has 1 atom stereocenters. The van der Waals surface area contributed by atoms with Crippen LogP contribution in [0.15, 0.2) is 134 Å². The fourth-order valence-electron chi connectivity index (χ4n) is 6.73. The second kappa shape index (κ2) is 54.2. The van der Waals surface area contributed by atoms with Crippen molar-refractivity contribution in [3.05, 3.63) is 134 Å². The maximum Gasteiger partial charge on any atom is 0.306 e. The van der Waals surface area contributed by atoms with Crippen LogP contribution in [0.3, 0.4) is 0 Å². The minimum atomic E-state index is -0.829. The van der Waals surface area contributed by atoms with Crippen LogP contribution in [0.25, 0.3) is 0 Å². The van der Waals surface area contributed by atoms with E-state index in [4.69, 9.17) is 14.2 Å². The van der Waals surface area contributed by atoms with Gasteiger partial charge in [-0.2, -0.15) is 0 Å². The largest absolute Gasteiger partial charge is 0.462 e. The normalized spacial score (nSPS) is 13.2. The number of hydrogen-bond donors (Lipinski definition) is 0. The van der Waals surface area contributed by atoms with E-state index >= 15 is 0 Å². The first-order chi connectivity index (χ1) is 33.0. The summed E-state index contributed by atoms with van der Waals surface area (Å²) in [6.07, 6.45) is 76.0.